The molecule has 2 aliphatic rings. The van der Waals surface area contributed by atoms with Crippen molar-refractivity contribution >= 4 is 28.5 Å². The largest absolute Gasteiger partial charge is 0.368 e. The van der Waals surface area contributed by atoms with E-state index in [4.69, 9.17) is 4.98 Å². The Kier molecular flexibility index (Phi) is 6.04. The van der Waals surface area contributed by atoms with Crippen LogP contribution < -0.4 is 20.8 Å². The van der Waals surface area contributed by atoms with Crippen LogP contribution in [0, 0.1) is 0 Å². The molecular formula is C29H32N6O2. The van der Waals surface area contributed by atoms with Crippen LogP contribution in [0.2, 0.25) is 0 Å². The Morgan fingerprint density at radius 1 is 0.865 bits per heavy atom. The van der Waals surface area contributed by atoms with Gasteiger partial charge in [-0.2, -0.15) is 0 Å². The molecule has 1 aliphatic heterocycles. The van der Waals surface area contributed by atoms with E-state index < -0.39 is 0 Å². The number of carbonyl (C=O) groups excluding carboxylic acids is 1. The Labute approximate surface area is 216 Å². The molecule has 1 saturated carbocycles. The maximum absolute atomic E-state index is 13.7. The number of Topliss-reactive ketones (excluding diaryl/α,β-unsaturated/α-hetero) is 1. The molecule has 1 aliphatic carbocycles. The van der Waals surface area contributed by atoms with Gasteiger partial charge in [-0.3, -0.25) is 13.9 Å². The summed E-state index contributed by atoms with van der Waals surface area (Å²) >= 11 is 0. The Morgan fingerprint density at radius 3 is 2.19 bits per heavy atom. The van der Waals surface area contributed by atoms with Gasteiger partial charge in [0, 0.05) is 49.5 Å². The molecular weight excluding hydrogens is 464 g/mol. The number of nitrogens with one attached hydrogen (secondary N) is 1. The highest BCUT2D eigenvalue weighted by Gasteiger charge is 2.33. The Morgan fingerprint density at radius 2 is 1.54 bits per heavy atom. The zero-order valence-electron chi connectivity index (χ0n) is 21.3. The van der Waals surface area contributed by atoms with Crippen molar-refractivity contribution in [3.8, 4) is 5.69 Å². The van der Waals surface area contributed by atoms with Crippen molar-refractivity contribution in [1.29, 1.82) is 0 Å². The van der Waals surface area contributed by atoms with E-state index in [1.165, 1.54) is 0 Å². The van der Waals surface area contributed by atoms with Gasteiger partial charge in [-0.05, 0) is 75.3 Å². The minimum absolute atomic E-state index is 0.0239. The lowest BCUT2D eigenvalue weighted by Gasteiger charge is -2.37. The number of rotatable bonds is 6. The number of piperazine rings is 1. The monoisotopic (exact) mass is 496 g/mol. The summed E-state index contributed by atoms with van der Waals surface area (Å²) in [7, 11) is 1.98. The summed E-state index contributed by atoms with van der Waals surface area (Å²) in [5.41, 5.74) is 4.31. The molecule has 0 radical (unpaired) electrons. The molecule has 190 valence electrons. The molecule has 0 bridgehead atoms. The number of pyridine rings is 1. The molecule has 4 aromatic rings. The molecule has 8 heteroatoms. The third kappa shape index (κ3) is 4.21. The van der Waals surface area contributed by atoms with Crippen molar-refractivity contribution in [3.05, 3.63) is 82.8 Å². The molecule has 0 unspecified atom stereocenters. The Balaban J connectivity index is 1.29. The van der Waals surface area contributed by atoms with E-state index >= 15 is 0 Å². The molecule has 0 atom stereocenters. The van der Waals surface area contributed by atoms with Crippen molar-refractivity contribution in [2.24, 2.45) is 0 Å². The summed E-state index contributed by atoms with van der Waals surface area (Å²) < 4.78 is 3.70. The second-order valence-corrected chi connectivity index (χ2v) is 10.0. The molecule has 2 aromatic heterocycles. The molecule has 2 aromatic carbocycles. The van der Waals surface area contributed by atoms with Crippen LogP contribution in [-0.4, -0.2) is 59.2 Å². The normalized spacial score (nSPS) is 19.7. The van der Waals surface area contributed by atoms with Gasteiger partial charge in [-0.15, -0.1) is 0 Å². The van der Waals surface area contributed by atoms with Crippen LogP contribution in [-0.2, 0) is 0 Å². The van der Waals surface area contributed by atoms with Crippen molar-refractivity contribution in [2.45, 2.75) is 31.8 Å². The van der Waals surface area contributed by atoms with Gasteiger partial charge in [0.1, 0.15) is 5.82 Å². The van der Waals surface area contributed by atoms with Crippen molar-refractivity contribution in [3.63, 3.8) is 0 Å². The van der Waals surface area contributed by atoms with Crippen LogP contribution in [0.3, 0.4) is 0 Å². The predicted octanol–water partition coefficient (Wildman–Crippen LogP) is 3.64. The number of hydrogen-bond donors (Lipinski definition) is 1. The fraction of sp³-hybridized carbons (Fsp3) is 0.345. The first-order valence-electron chi connectivity index (χ1n) is 13.0. The number of benzene rings is 2. The number of nitrogens with zero attached hydrogens (tertiary/aromatic N) is 5. The van der Waals surface area contributed by atoms with Crippen LogP contribution in [0.15, 0.2) is 71.5 Å². The summed E-state index contributed by atoms with van der Waals surface area (Å²) in [5.74, 6) is 0.989. The number of para-hydroxylation sites is 1. The molecule has 2 fully saturated rings. The van der Waals surface area contributed by atoms with Gasteiger partial charge >= 0.3 is 5.69 Å². The highest BCUT2D eigenvalue weighted by molar-refractivity contribution is 5.94. The van der Waals surface area contributed by atoms with Crippen LogP contribution in [0.5, 0.6) is 0 Å². The number of fused-ring (bicyclic) bond motifs is 1. The second-order valence-electron chi connectivity index (χ2n) is 10.0. The number of anilines is 2. The van der Waals surface area contributed by atoms with E-state index in [-0.39, 0.29) is 17.5 Å². The van der Waals surface area contributed by atoms with Crippen LogP contribution in [0.4, 0.5) is 11.5 Å². The minimum atomic E-state index is -0.0239. The summed E-state index contributed by atoms with van der Waals surface area (Å²) in [6.45, 7) is 4.99. The fourth-order valence-electron chi connectivity index (χ4n) is 5.55. The van der Waals surface area contributed by atoms with Gasteiger partial charge in [0.05, 0.1) is 11.2 Å². The smallest absolute Gasteiger partial charge is 0.335 e. The summed E-state index contributed by atoms with van der Waals surface area (Å²) in [4.78, 5) is 35.0. The summed E-state index contributed by atoms with van der Waals surface area (Å²) in [5, 5.41) is 3.32. The lowest BCUT2D eigenvalue weighted by Crippen LogP contribution is -2.47. The molecule has 8 nitrogen and oxygen atoms in total. The Bertz CT molecular complexity index is 1480. The van der Waals surface area contributed by atoms with E-state index in [1.54, 1.807) is 11.5 Å². The second kappa shape index (κ2) is 9.52. The van der Waals surface area contributed by atoms with Crippen molar-refractivity contribution < 1.29 is 4.79 Å². The lowest BCUT2D eigenvalue weighted by molar-refractivity contribution is 0.101. The molecule has 3 heterocycles. The van der Waals surface area contributed by atoms with Gasteiger partial charge in [-0.1, -0.05) is 18.2 Å². The zero-order chi connectivity index (χ0) is 25.5. The van der Waals surface area contributed by atoms with E-state index in [1.807, 2.05) is 78.3 Å². The molecule has 1 N–H and O–H groups in total. The average Bonchev–Trinajstić information content (AvgIpc) is 3.19. The first-order valence-corrected chi connectivity index (χ1v) is 13.0. The average molecular weight is 497 g/mol. The quantitative estimate of drug-likeness (QED) is 0.411. The molecule has 37 heavy (non-hydrogen) atoms. The molecule has 0 amide bonds. The van der Waals surface area contributed by atoms with E-state index in [0.29, 0.717) is 6.04 Å². The Hall–Kier alpha value is -3.91. The topological polar surface area (TPSA) is 75.4 Å². The van der Waals surface area contributed by atoms with E-state index in [9.17, 15) is 9.59 Å². The highest BCUT2D eigenvalue weighted by Crippen LogP contribution is 2.34. The fourth-order valence-corrected chi connectivity index (χ4v) is 5.55. The first kappa shape index (κ1) is 23.5. The van der Waals surface area contributed by atoms with Gasteiger partial charge in [0.15, 0.2) is 11.4 Å². The highest BCUT2D eigenvalue weighted by atomic mass is 16.2. The maximum atomic E-state index is 13.7. The number of imidazole rings is 1. The summed E-state index contributed by atoms with van der Waals surface area (Å²) in [6.07, 6.45) is 1.86. The maximum Gasteiger partial charge on any atom is 0.335 e. The number of carbonyl (C=O) groups is 1. The number of ketones is 1. The minimum Gasteiger partial charge on any atom is -0.368 e. The van der Waals surface area contributed by atoms with Gasteiger partial charge in [-0.25, -0.2) is 9.78 Å². The summed E-state index contributed by atoms with van der Waals surface area (Å²) in [6, 6.07) is 22.3. The van der Waals surface area contributed by atoms with Crippen LogP contribution in [0.1, 0.15) is 36.2 Å². The van der Waals surface area contributed by atoms with Crippen molar-refractivity contribution in [1.82, 2.24) is 19.4 Å². The van der Waals surface area contributed by atoms with Crippen LogP contribution in [0.25, 0.3) is 16.9 Å². The van der Waals surface area contributed by atoms with Gasteiger partial charge < -0.3 is 15.1 Å². The third-order valence-electron chi connectivity index (χ3n) is 7.85. The third-order valence-corrected chi connectivity index (χ3v) is 7.85. The van der Waals surface area contributed by atoms with Crippen molar-refractivity contribution in [2.75, 3.05) is 43.0 Å². The van der Waals surface area contributed by atoms with Gasteiger partial charge in [0.2, 0.25) is 0 Å². The standard InChI is InChI=1S/C29H32N6O2/c1-20(36)21-8-10-23(11-9-21)32-14-16-33(17-15-32)27-13-12-26-28(31-27)35(25-18-22(19-25)30-2)29(37)34(26)24-6-4-3-5-7-24/h3-13,22,25,30H,14-19H2,1-2H3/t22-,25-. The van der Waals surface area contributed by atoms with Gasteiger partial charge in [0.25, 0.3) is 0 Å². The van der Waals surface area contributed by atoms with Crippen LogP contribution >= 0.6 is 0 Å². The predicted molar refractivity (Wildman–Crippen MR) is 147 cm³/mol. The lowest BCUT2D eigenvalue weighted by atomic mass is 9.87. The zero-order valence-corrected chi connectivity index (χ0v) is 21.3. The number of aromatic nitrogens is 3. The SMILES string of the molecule is CN[C@H]1C[C@H](n2c(=O)n(-c3ccccc3)c3ccc(N4CCN(c5ccc(C(C)=O)cc5)CC4)nc32)C1. The molecule has 0 spiro atoms. The molecule has 1 saturated heterocycles. The van der Waals surface area contributed by atoms with E-state index in [2.05, 4.69) is 15.1 Å². The first-order chi connectivity index (χ1) is 18.0. The molecule has 6 rings (SSSR count). The van der Waals surface area contributed by atoms with E-state index in [0.717, 1.165) is 72.9 Å². The number of hydrogen-bond acceptors (Lipinski definition) is 6.